The number of hydrogen-bond acceptors (Lipinski definition) is 4. The van der Waals surface area contributed by atoms with E-state index in [0.29, 0.717) is 6.04 Å². The van der Waals surface area contributed by atoms with Crippen LogP contribution >= 0.6 is 11.8 Å². The highest BCUT2D eigenvalue weighted by Gasteiger charge is 2.25. The zero-order chi connectivity index (χ0) is 12.4. The predicted octanol–water partition coefficient (Wildman–Crippen LogP) is 2.07. The van der Waals surface area contributed by atoms with Gasteiger partial charge in [-0.05, 0) is 31.2 Å². The molecule has 0 bridgehead atoms. The van der Waals surface area contributed by atoms with Crippen molar-refractivity contribution in [2.24, 2.45) is 7.05 Å². The SMILES string of the molecule is Cn1cc(CCCSc2nncn2C2CC2)cn1. The van der Waals surface area contributed by atoms with E-state index in [-0.39, 0.29) is 0 Å². The number of aryl methyl sites for hydroxylation is 2. The molecule has 96 valence electrons. The van der Waals surface area contributed by atoms with Crippen molar-refractivity contribution in [1.82, 2.24) is 24.5 Å². The molecule has 0 radical (unpaired) electrons. The second kappa shape index (κ2) is 5.14. The third-order valence-electron chi connectivity index (χ3n) is 3.08. The van der Waals surface area contributed by atoms with Crippen LogP contribution in [0.15, 0.2) is 23.9 Å². The van der Waals surface area contributed by atoms with Crippen LogP contribution in [0.2, 0.25) is 0 Å². The van der Waals surface area contributed by atoms with Crippen LogP contribution < -0.4 is 0 Å². The first kappa shape index (κ1) is 11.8. The Bertz CT molecular complexity index is 514. The summed E-state index contributed by atoms with van der Waals surface area (Å²) in [5.41, 5.74) is 1.31. The molecule has 2 heterocycles. The second-order valence-corrected chi connectivity index (χ2v) is 5.79. The number of thioether (sulfide) groups is 1. The fraction of sp³-hybridized carbons (Fsp3) is 0.583. The fourth-order valence-electron chi connectivity index (χ4n) is 1.98. The molecule has 0 N–H and O–H groups in total. The van der Waals surface area contributed by atoms with E-state index >= 15 is 0 Å². The molecule has 0 aromatic carbocycles. The van der Waals surface area contributed by atoms with Gasteiger partial charge in [-0.1, -0.05) is 11.8 Å². The zero-order valence-electron chi connectivity index (χ0n) is 10.5. The van der Waals surface area contributed by atoms with Crippen molar-refractivity contribution in [2.45, 2.75) is 36.9 Å². The molecular weight excluding hydrogens is 246 g/mol. The molecule has 0 aliphatic heterocycles. The van der Waals surface area contributed by atoms with E-state index in [1.54, 1.807) is 0 Å². The average Bonchev–Trinajstić information content (AvgIpc) is 2.96. The molecule has 0 unspecified atom stereocenters. The van der Waals surface area contributed by atoms with Gasteiger partial charge in [0, 0.05) is 25.0 Å². The van der Waals surface area contributed by atoms with Gasteiger partial charge in [0.15, 0.2) is 5.16 Å². The molecule has 2 aromatic heterocycles. The van der Waals surface area contributed by atoms with Gasteiger partial charge in [-0.25, -0.2) is 0 Å². The normalized spacial score (nSPS) is 15.2. The smallest absolute Gasteiger partial charge is 0.191 e. The highest BCUT2D eigenvalue weighted by atomic mass is 32.2. The Balaban J connectivity index is 1.45. The summed E-state index contributed by atoms with van der Waals surface area (Å²) in [5, 5.41) is 13.4. The maximum Gasteiger partial charge on any atom is 0.191 e. The Labute approximate surface area is 111 Å². The van der Waals surface area contributed by atoms with E-state index < -0.39 is 0 Å². The highest BCUT2D eigenvalue weighted by molar-refractivity contribution is 7.99. The van der Waals surface area contributed by atoms with Gasteiger partial charge in [0.05, 0.1) is 6.20 Å². The number of hydrogen-bond donors (Lipinski definition) is 0. The van der Waals surface area contributed by atoms with Gasteiger partial charge in [-0.3, -0.25) is 4.68 Å². The molecule has 0 saturated heterocycles. The van der Waals surface area contributed by atoms with Crippen molar-refractivity contribution in [3.05, 3.63) is 24.3 Å². The Morgan fingerprint density at radius 1 is 1.44 bits per heavy atom. The first-order valence-electron chi connectivity index (χ1n) is 6.33. The highest BCUT2D eigenvalue weighted by Crippen LogP contribution is 2.37. The van der Waals surface area contributed by atoms with E-state index in [1.807, 2.05) is 36.0 Å². The quantitative estimate of drug-likeness (QED) is 0.591. The molecule has 0 amide bonds. The van der Waals surface area contributed by atoms with Gasteiger partial charge < -0.3 is 4.57 Å². The van der Waals surface area contributed by atoms with Crippen molar-refractivity contribution in [3.8, 4) is 0 Å². The number of nitrogens with zero attached hydrogens (tertiary/aromatic N) is 5. The largest absolute Gasteiger partial charge is 0.306 e. The van der Waals surface area contributed by atoms with Crippen LogP contribution in [0, 0.1) is 0 Å². The van der Waals surface area contributed by atoms with E-state index in [0.717, 1.165) is 23.8 Å². The van der Waals surface area contributed by atoms with Crippen LogP contribution in [-0.2, 0) is 13.5 Å². The molecule has 2 aromatic rings. The van der Waals surface area contributed by atoms with Crippen molar-refractivity contribution >= 4 is 11.8 Å². The molecule has 18 heavy (non-hydrogen) atoms. The van der Waals surface area contributed by atoms with Crippen LogP contribution in [0.5, 0.6) is 0 Å². The molecule has 1 aliphatic rings. The Morgan fingerprint density at radius 3 is 3.06 bits per heavy atom. The first-order valence-corrected chi connectivity index (χ1v) is 7.31. The fourth-order valence-corrected chi connectivity index (χ4v) is 2.90. The third-order valence-corrected chi connectivity index (χ3v) is 4.12. The Kier molecular flexibility index (Phi) is 3.36. The first-order chi connectivity index (χ1) is 8.83. The average molecular weight is 263 g/mol. The van der Waals surface area contributed by atoms with Gasteiger partial charge in [0.1, 0.15) is 6.33 Å². The zero-order valence-corrected chi connectivity index (χ0v) is 11.3. The minimum atomic E-state index is 0.667. The van der Waals surface area contributed by atoms with Crippen LogP contribution in [0.3, 0.4) is 0 Å². The van der Waals surface area contributed by atoms with Gasteiger partial charge in [0.2, 0.25) is 0 Å². The van der Waals surface area contributed by atoms with E-state index in [9.17, 15) is 0 Å². The van der Waals surface area contributed by atoms with Crippen molar-refractivity contribution in [2.75, 3.05) is 5.75 Å². The van der Waals surface area contributed by atoms with E-state index in [2.05, 4.69) is 26.1 Å². The molecule has 6 heteroatoms. The summed E-state index contributed by atoms with van der Waals surface area (Å²) in [4.78, 5) is 0. The summed E-state index contributed by atoms with van der Waals surface area (Å²) in [5.74, 6) is 1.08. The molecule has 1 fully saturated rings. The lowest BCUT2D eigenvalue weighted by molar-refractivity contribution is 0.662. The third kappa shape index (κ3) is 2.75. The van der Waals surface area contributed by atoms with Crippen molar-refractivity contribution < 1.29 is 0 Å². The maximum atomic E-state index is 4.19. The molecule has 0 spiro atoms. The summed E-state index contributed by atoms with van der Waals surface area (Å²) >= 11 is 1.81. The Hall–Kier alpha value is -1.30. The lowest BCUT2D eigenvalue weighted by Crippen LogP contribution is -1.95. The molecule has 5 nitrogen and oxygen atoms in total. The summed E-state index contributed by atoms with van der Waals surface area (Å²) in [7, 11) is 1.95. The maximum absolute atomic E-state index is 4.19. The van der Waals surface area contributed by atoms with Crippen LogP contribution in [-0.4, -0.2) is 30.3 Å². The lowest BCUT2D eigenvalue weighted by Gasteiger charge is -2.03. The second-order valence-electron chi connectivity index (χ2n) is 4.73. The summed E-state index contributed by atoms with van der Waals surface area (Å²) < 4.78 is 4.07. The monoisotopic (exact) mass is 263 g/mol. The van der Waals surface area contributed by atoms with Crippen LogP contribution in [0.4, 0.5) is 0 Å². The minimum absolute atomic E-state index is 0.667. The predicted molar refractivity (Wildman–Crippen MR) is 70.5 cm³/mol. The molecular formula is C12H17N5S. The van der Waals surface area contributed by atoms with E-state index in [4.69, 9.17) is 0 Å². The van der Waals surface area contributed by atoms with Gasteiger partial charge in [0.25, 0.3) is 0 Å². The molecule has 1 aliphatic carbocycles. The molecule has 0 atom stereocenters. The minimum Gasteiger partial charge on any atom is -0.306 e. The van der Waals surface area contributed by atoms with Gasteiger partial charge >= 0.3 is 0 Å². The lowest BCUT2D eigenvalue weighted by atomic mass is 10.2. The van der Waals surface area contributed by atoms with Crippen molar-refractivity contribution in [1.29, 1.82) is 0 Å². The van der Waals surface area contributed by atoms with Crippen molar-refractivity contribution in [3.63, 3.8) is 0 Å². The summed E-state index contributed by atoms with van der Waals surface area (Å²) in [6.45, 7) is 0. The summed E-state index contributed by atoms with van der Waals surface area (Å²) in [6.07, 6.45) is 10.7. The molecule has 3 rings (SSSR count). The molecule has 1 saturated carbocycles. The Morgan fingerprint density at radius 2 is 2.33 bits per heavy atom. The van der Waals surface area contributed by atoms with Crippen LogP contribution in [0.1, 0.15) is 30.9 Å². The van der Waals surface area contributed by atoms with E-state index in [1.165, 1.54) is 18.4 Å². The standard InChI is InChI=1S/C12H17N5S/c1-16-8-10(7-14-16)3-2-6-18-12-15-13-9-17(12)11-4-5-11/h7-9,11H,2-6H2,1H3. The number of rotatable bonds is 6. The summed E-state index contributed by atoms with van der Waals surface area (Å²) in [6, 6.07) is 0.667. The van der Waals surface area contributed by atoms with Gasteiger partial charge in [-0.15, -0.1) is 10.2 Å². The topological polar surface area (TPSA) is 48.5 Å². The van der Waals surface area contributed by atoms with Gasteiger partial charge in [-0.2, -0.15) is 5.10 Å². The van der Waals surface area contributed by atoms with Crippen LogP contribution in [0.25, 0.3) is 0 Å². The number of aromatic nitrogens is 5.